The van der Waals surface area contributed by atoms with E-state index in [0.29, 0.717) is 5.69 Å². The predicted octanol–water partition coefficient (Wildman–Crippen LogP) is 3.34. The van der Waals surface area contributed by atoms with Crippen LogP contribution >= 0.6 is 11.8 Å². The summed E-state index contributed by atoms with van der Waals surface area (Å²) in [7, 11) is 0. The van der Waals surface area contributed by atoms with Gasteiger partial charge in [-0.15, -0.1) is 0 Å². The average molecular weight is 275 g/mol. The standard InChI is InChI=1S/C13H13N3O2S/c1-9-4-2-3-5-13(9)19-12-7-10(15-14)6-11(8-12)16(17)18/h2-8,15H,14H2,1H3. The van der Waals surface area contributed by atoms with Crippen molar-refractivity contribution in [3.63, 3.8) is 0 Å². The monoisotopic (exact) mass is 275 g/mol. The predicted molar refractivity (Wildman–Crippen MR) is 76.2 cm³/mol. The molecule has 5 nitrogen and oxygen atoms in total. The van der Waals surface area contributed by atoms with Crippen LogP contribution in [0.15, 0.2) is 52.3 Å². The molecular weight excluding hydrogens is 262 g/mol. The molecule has 2 aromatic rings. The van der Waals surface area contributed by atoms with E-state index in [1.165, 1.54) is 23.9 Å². The maximum atomic E-state index is 10.9. The molecule has 2 aromatic carbocycles. The maximum absolute atomic E-state index is 10.9. The molecule has 0 aromatic heterocycles. The summed E-state index contributed by atoms with van der Waals surface area (Å²) in [6.45, 7) is 2.00. The van der Waals surface area contributed by atoms with Crippen LogP contribution in [0.3, 0.4) is 0 Å². The lowest BCUT2D eigenvalue weighted by atomic mass is 10.2. The Morgan fingerprint density at radius 1 is 1.26 bits per heavy atom. The van der Waals surface area contributed by atoms with E-state index < -0.39 is 4.92 Å². The number of nitrogen functional groups attached to an aromatic ring is 1. The summed E-state index contributed by atoms with van der Waals surface area (Å²) in [5.41, 5.74) is 4.11. The molecule has 0 spiro atoms. The first-order chi connectivity index (χ1) is 9.10. The fraction of sp³-hybridized carbons (Fsp3) is 0.0769. The molecule has 0 heterocycles. The van der Waals surface area contributed by atoms with E-state index in [1.807, 2.05) is 31.2 Å². The lowest BCUT2D eigenvalue weighted by Gasteiger charge is -2.07. The van der Waals surface area contributed by atoms with E-state index in [0.717, 1.165) is 15.4 Å². The van der Waals surface area contributed by atoms with Crippen molar-refractivity contribution in [2.75, 3.05) is 5.43 Å². The highest BCUT2D eigenvalue weighted by atomic mass is 32.2. The molecule has 0 fully saturated rings. The number of rotatable bonds is 4. The normalized spacial score (nSPS) is 10.2. The second kappa shape index (κ2) is 5.73. The van der Waals surface area contributed by atoms with E-state index in [2.05, 4.69) is 5.43 Å². The smallest absolute Gasteiger partial charge is 0.272 e. The van der Waals surface area contributed by atoms with Crippen molar-refractivity contribution >= 4 is 23.1 Å². The summed E-state index contributed by atoms with van der Waals surface area (Å²) in [6, 6.07) is 12.6. The summed E-state index contributed by atoms with van der Waals surface area (Å²) in [4.78, 5) is 12.3. The number of hydrogen-bond donors (Lipinski definition) is 2. The zero-order valence-corrected chi connectivity index (χ0v) is 11.1. The zero-order valence-electron chi connectivity index (χ0n) is 10.3. The number of nitrogens with zero attached hydrogens (tertiary/aromatic N) is 1. The zero-order chi connectivity index (χ0) is 13.8. The number of hydrazine groups is 1. The van der Waals surface area contributed by atoms with Crippen LogP contribution in [-0.2, 0) is 0 Å². The van der Waals surface area contributed by atoms with Gasteiger partial charge in [-0.25, -0.2) is 0 Å². The van der Waals surface area contributed by atoms with Gasteiger partial charge in [0.25, 0.3) is 5.69 Å². The van der Waals surface area contributed by atoms with Crippen molar-refractivity contribution < 1.29 is 4.92 Å². The van der Waals surface area contributed by atoms with Gasteiger partial charge in [-0.1, -0.05) is 30.0 Å². The van der Waals surface area contributed by atoms with E-state index in [-0.39, 0.29) is 5.69 Å². The fourth-order valence-electron chi connectivity index (χ4n) is 1.63. The molecule has 0 atom stereocenters. The molecular formula is C13H13N3O2S. The molecule has 0 radical (unpaired) electrons. The van der Waals surface area contributed by atoms with Crippen molar-refractivity contribution in [2.45, 2.75) is 16.7 Å². The minimum atomic E-state index is -0.428. The van der Waals surface area contributed by atoms with Gasteiger partial charge in [-0.3, -0.25) is 16.0 Å². The summed E-state index contributed by atoms with van der Waals surface area (Å²) in [5.74, 6) is 5.33. The third-order valence-corrected chi connectivity index (χ3v) is 3.74. The Labute approximate surface area is 114 Å². The van der Waals surface area contributed by atoms with Crippen LogP contribution in [0.1, 0.15) is 5.56 Å². The van der Waals surface area contributed by atoms with Gasteiger partial charge < -0.3 is 5.43 Å². The third kappa shape index (κ3) is 3.24. The first-order valence-corrected chi connectivity index (χ1v) is 6.41. The first-order valence-electron chi connectivity index (χ1n) is 5.60. The van der Waals surface area contributed by atoms with Gasteiger partial charge >= 0.3 is 0 Å². The molecule has 2 rings (SSSR count). The Kier molecular flexibility index (Phi) is 4.03. The minimum Gasteiger partial charge on any atom is -0.324 e. The van der Waals surface area contributed by atoms with E-state index >= 15 is 0 Å². The molecule has 0 aliphatic rings. The molecule has 0 aliphatic heterocycles. The number of benzene rings is 2. The van der Waals surface area contributed by atoms with Crippen molar-refractivity contribution in [1.29, 1.82) is 0 Å². The summed E-state index contributed by atoms with van der Waals surface area (Å²) >= 11 is 1.48. The highest BCUT2D eigenvalue weighted by molar-refractivity contribution is 7.99. The molecule has 0 unspecified atom stereocenters. The number of nitro groups is 1. The molecule has 19 heavy (non-hydrogen) atoms. The van der Waals surface area contributed by atoms with Crippen LogP contribution in [0.25, 0.3) is 0 Å². The number of anilines is 1. The number of nitrogens with one attached hydrogen (secondary N) is 1. The molecule has 0 saturated heterocycles. The van der Waals surface area contributed by atoms with Crippen molar-refractivity contribution in [3.8, 4) is 0 Å². The van der Waals surface area contributed by atoms with Crippen molar-refractivity contribution in [3.05, 3.63) is 58.1 Å². The lowest BCUT2D eigenvalue weighted by molar-refractivity contribution is -0.385. The van der Waals surface area contributed by atoms with Crippen LogP contribution in [0.4, 0.5) is 11.4 Å². The number of nitrogens with two attached hydrogens (primary N) is 1. The highest BCUT2D eigenvalue weighted by Crippen LogP contribution is 2.34. The van der Waals surface area contributed by atoms with Crippen molar-refractivity contribution in [1.82, 2.24) is 0 Å². The second-order valence-electron chi connectivity index (χ2n) is 3.98. The van der Waals surface area contributed by atoms with E-state index in [1.54, 1.807) is 6.07 Å². The first kappa shape index (κ1) is 13.4. The van der Waals surface area contributed by atoms with Gasteiger partial charge in [0.2, 0.25) is 0 Å². The maximum Gasteiger partial charge on any atom is 0.272 e. The summed E-state index contributed by atoms with van der Waals surface area (Å²) in [6.07, 6.45) is 0. The minimum absolute atomic E-state index is 0.0199. The summed E-state index contributed by atoms with van der Waals surface area (Å²) in [5, 5.41) is 10.9. The average Bonchev–Trinajstić information content (AvgIpc) is 2.41. The Morgan fingerprint density at radius 3 is 2.63 bits per heavy atom. The van der Waals surface area contributed by atoms with Crippen LogP contribution < -0.4 is 11.3 Å². The lowest BCUT2D eigenvalue weighted by Crippen LogP contribution is -2.07. The topological polar surface area (TPSA) is 81.2 Å². The number of aryl methyl sites for hydroxylation is 1. The quantitative estimate of drug-likeness (QED) is 0.508. The van der Waals surface area contributed by atoms with Gasteiger partial charge in [-0.05, 0) is 24.6 Å². The third-order valence-electron chi connectivity index (χ3n) is 2.59. The number of hydrogen-bond acceptors (Lipinski definition) is 5. The molecule has 0 saturated carbocycles. The van der Waals surface area contributed by atoms with Gasteiger partial charge in [0, 0.05) is 21.9 Å². The van der Waals surface area contributed by atoms with Crippen molar-refractivity contribution in [2.24, 2.45) is 5.84 Å². The molecule has 6 heteroatoms. The number of non-ortho nitro benzene ring substituents is 1. The van der Waals surface area contributed by atoms with E-state index in [9.17, 15) is 10.1 Å². The SMILES string of the molecule is Cc1ccccc1Sc1cc(NN)cc([N+](=O)[O-])c1. The molecule has 0 amide bonds. The van der Waals surface area contributed by atoms with Gasteiger partial charge in [0.15, 0.2) is 0 Å². The number of nitro benzene ring substituents is 1. The molecule has 3 N–H and O–H groups in total. The Morgan fingerprint density at radius 2 is 2.00 bits per heavy atom. The summed E-state index contributed by atoms with van der Waals surface area (Å²) < 4.78 is 0. The van der Waals surface area contributed by atoms with Gasteiger partial charge in [-0.2, -0.15) is 0 Å². The van der Waals surface area contributed by atoms with Crippen LogP contribution in [0, 0.1) is 17.0 Å². The molecule has 0 aliphatic carbocycles. The van der Waals surface area contributed by atoms with Gasteiger partial charge in [0.1, 0.15) is 0 Å². The van der Waals surface area contributed by atoms with Gasteiger partial charge in [0.05, 0.1) is 10.6 Å². The molecule has 98 valence electrons. The molecule has 0 bridgehead atoms. The Bertz CT molecular complexity index is 617. The Hall–Kier alpha value is -2.05. The van der Waals surface area contributed by atoms with Crippen LogP contribution in [0.5, 0.6) is 0 Å². The van der Waals surface area contributed by atoms with Crippen LogP contribution in [-0.4, -0.2) is 4.92 Å². The largest absolute Gasteiger partial charge is 0.324 e. The fourth-order valence-corrected chi connectivity index (χ4v) is 2.62. The Balaban J connectivity index is 2.37. The second-order valence-corrected chi connectivity index (χ2v) is 5.10. The van der Waals surface area contributed by atoms with E-state index in [4.69, 9.17) is 5.84 Å². The van der Waals surface area contributed by atoms with Crippen LogP contribution in [0.2, 0.25) is 0 Å². The highest BCUT2D eigenvalue weighted by Gasteiger charge is 2.11.